The third-order valence-corrected chi connectivity index (χ3v) is 4.39. The maximum absolute atomic E-state index is 11.1. The first kappa shape index (κ1) is 15.1. The maximum atomic E-state index is 11.1. The molecule has 1 aromatic carbocycles. The zero-order valence-electron chi connectivity index (χ0n) is 11.6. The quantitative estimate of drug-likeness (QED) is 0.617. The fourth-order valence-electron chi connectivity index (χ4n) is 2.32. The van der Waals surface area contributed by atoms with E-state index in [9.17, 15) is 10.1 Å². The first-order valence-electron chi connectivity index (χ1n) is 6.92. The SMILES string of the molecule is CCNc1c(CSCC2CCCO2)cccc1[N+](=O)[O-]. The number of rotatable bonds is 7. The Bertz CT molecular complexity index is 462. The molecule has 1 atom stereocenters. The van der Waals surface area contributed by atoms with E-state index in [2.05, 4.69) is 5.32 Å². The van der Waals surface area contributed by atoms with Crippen LogP contribution in [0.5, 0.6) is 0 Å². The molecule has 0 spiro atoms. The largest absolute Gasteiger partial charge is 0.380 e. The first-order chi connectivity index (χ1) is 9.72. The van der Waals surface area contributed by atoms with Crippen LogP contribution in [0, 0.1) is 10.1 Å². The second kappa shape index (κ2) is 7.50. The van der Waals surface area contributed by atoms with Crippen LogP contribution in [-0.4, -0.2) is 29.9 Å². The molecule has 0 aromatic heterocycles. The zero-order valence-corrected chi connectivity index (χ0v) is 12.4. The van der Waals surface area contributed by atoms with Gasteiger partial charge < -0.3 is 10.1 Å². The summed E-state index contributed by atoms with van der Waals surface area (Å²) in [6.45, 7) is 3.49. The van der Waals surface area contributed by atoms with E-state index < -0.39 is 0 Å². The van der Waals surface area contributed by atoms with Crippen LogP contribution in [0.25, 0.3) is 0 Å². The van der Waals surface area contributed by atoms with Crippen LogP contribution in [0.15, 0.2) is 18.2 Å². The van der Waals surface area contributed by atoms with E-state index in [1.165, 1.54) is 0 Å². The number of nitro benzene ring substituents is 1. The molecule has 1 saturated heterocycles. The Kier molecular flexibility index (Phi) is 5.67. The van der Waals surface area contributed by atoms with Crippen molar-refractivity contribution < 1.29 is 9.66 Å². The van der Waals surface area contributed by atoms with Gasteiger partial charge in [-0.2, -0.15) is 11.8 Å². The summed E-state index contributed by atoms with van der Waals surface area (Å²) < 4.78 is 5.59. The lowest BCUT2D eigenvalue weighted by Crippen LogP contribution is -2.09. The lowest BCUT2D eigenvalue weighted by Gasteiger charge is -2.12. The minimum atomic E-state index is -0.327. The highest BCUT2D eigenvalue weighted by Crippen LogP contribution is 2.31. The summed E-state index contributed by atoms with van der Waals surface area (Å²) in [5.41, 5.74) is 1.80. The van der Waals surface area contributed by atoms with Crippen molar-refractivity contribution in [3.05, 3.63) is 33.9 Å². The van der Waals surface area contributed by atoms with E-state index in [4.69, 9.17) is 4.74 Å². The van der Waals surface area contributed by atoms with E-state index in [0.717, 1.165) is 36.5 Å². The van der Waals surface area contributed by atoms with Crippen molar-refractivity contribution in [1.82, 2.24) is 0 Å². The van der Waals surface area contributed by atoms with Crippen LogP contribution in [0.3, 0.4) is 0 Å². The molecule has 1 fully saturated rings. The van der Waals surface area contributed by atoms with Gasteiger partial charge in [0.2, 0.25) is 0 Å². The Labute approximate surface area is 123 Å². The Morgan fingerprint density at radius 2 is 2.40 bits per heavy atom. The van der Waals surface area contributed by atoms with Crippen LogP contribution in [0.2, 0.25) is 0 Å². The molecule has 1 aromatic rings. The molecule has 1 N–H and O–H groups in total. The van der Waals surface area contributed by atoms with Gasteiger partial charge in [-0.1, -0.05) is 12.1 Å². The van der Waals surface area contributed by atoms with Gasteiger partial charge in [-0.25, -0.2) is 0 Å². The van der Waals surface area contributed by atoms with Gasteiger partial charge in [0.15, 0.2) is 0 Å². The molecule has 1 aliphatic heterocycles. The molecule has 20 heavy (non-hydrogen) atoms. The van der Waals surface area contributed by atoms with Gasteiger partial charge in [-0.05, 0) is 25.3 Å². The molecule has 2 rings (SSSR count). The summed E-state index contributed by atoms with van der Waals surface area (Å²) >= 11 is 1.78. The molecular formula is C14H20N2O3S. The highest BCUT2D eigenvalue weighted by Gasteiger charge is 2.18. The Morgan fingerprint density at radius 1 is 1.55 bits per heavy atom. The standard InChI is InChI=1S/C14H20N2O3S/c1-2-15-14-11(5-3-7-13(14)16(17)18)9-20-10-12-6-4-8-19-12/h3,5,7,12,15H,2,4,6,8-10H2,1H3. The van der Waals surface area contributed by atoms with Crippen molar-refractivity contribution in [1.29, 1.82) is 0 Å². The lowest BCUT2D eigenvalue weighted by atomic mass is 10.1. The number of nitrogens with zero attached hydrogens (tertiary/aromatic N) is 1. The summed E-state index contributed by atoms with van der Waals surface area (Å²) in [6.07, 6.45) is 2.62. The molecule has 0 bridgehead atoms. The van der Waals surface area contributed by atoms with Crippen molar-refractivity contribution in [2.45, 2.75) is 31.6 Å². The van der Waals surface area contributed by atoms with E-state index in [1.54, 1.807) is 23.9 Å². The molecule has 1 heterocycles. The number of benzene rings is 1. The predicted octanol–water partition coefficient (Wildman–Crippen LogP) is 3.44. The summed E-state index contributed by atoms with van der Waals surface area (Å²) in [4.78, 5) is 10.7. The number of anilines is 1. The van der Waals surface area contributed by atoms with Gasteiger partial charge >= 0.3 is 0 Å². The molecule has 0 radical (unpaired) electrons. The minimum absolute atomic E-state index is 0.155. The normalized spacial score (nSPS) is 18.1. The Hall–Kier alpha value is -1.27. The highest BCUT2D eigenvalue weighted by atomic mass is 32.2. The number of hydrogen-bond acceptors (Lipinski definition) is 5. The molecule has 110 valence electrons. The van der Waals surface area contributed by atoms with Crippen LogP contribution in [-0.2, 0) is 10.5 Å². The van der Waals surface area contributed by atoms with Crippen LogP contribution >= 0.6 is 11.8 Å². The van der Waals surface area contributed by atoms with Gasteiger partial charge in [0.25, 0.3) is 5.69 Å². The Balaban J connectivity index is 2.01. The second-order valence-electron chi connectivity index (χ2n) is 4.75. The minimum Gasteiger partial charge on any atom is -0.380 e. The lowest BCUT2D eigenvalue weighted by molar-refractivity contribution is -0.384. The van der Waals surface area contributed by atoms with E-state index in [1.807, 2.05) is 13.0 Å². The van der Waals surface area contributed by atoms with E-state index in [0.29, 0.717) is 18.3 Å². The third kappa shape index (κ3) is 3.86. The van der Waals surface area contributed by atoms with Crippen molar-refractivity contribution in [3.63, 3.8) is 0 Å². The average Bonchev–Trinajstić information content (AvgIpc) is 2.93. The van der Waals surface area contributed by atoms with Gasteiger partial charge in [-0.3, -0.25) is 10.1 Å². The maximum Gasteiger partial charge on any atom is 0.292 e. The molecule has 6 heteroatoms. The highest BCUT2D eigenvalue weighted by molar-refractivity contribution is 7.98. The summed E-state index contributed by atoms with van der Waals surface area (Å²) in [5.74, 6) is 1.72. The van der Waals surface area contributed by atoms with E-state index in [-0.39, 0.29) is 10.6 Å². The molecule has 0 amide bonds. The number of ether oxygens (including phenoxy) is 1. The number of para-hydroxylation sites is 1. The predicted molar refractivity (Wildman–Crippen MR) is 82.4 cm³/mol. The van der Waals surface area contributed by atoms with Crippen LogP contribution in [0.4, 0.5) is 11.4 Å². The average molecular weight is 296 g/mol. The molecular weight excluding hydrogens is 276 g/mol. The third-order valence-electron chi connectivity index (χ3n) is 3.26. The van der Waals surface area contributed by atoms with Gasteiger partial charge in [0, 0.05) is 30.7 Å². The van der Waals surface area contributed by atoms with Crippen LogP contribution in [0.1, 0.15) is 25.3 Å². The second-order valence-corrected chi connectivity index (χ2v) is 5.78. The smallest absolute Gasteiger partial charge is 0.292 e. The zero-order chi connectivity index (χ0) is 14.4. The molecule has 0 saturated carbocycles. The van der Waals surface area contributed by atoms with Crippen molar-refractivity contribution in [2.75, 3.05) is 24.2 Å². The summed E-state index contributed by atoms with van der Waals surface area (Å²) in [7, 11) is 0. The molecule has 1 aliphatic rings. The van der Waals surface area contributed by atoms with Gasteiger partial charge in [0.05, 0.1) is 11.0 Å². The number of nitro groups is 1. The van der Waals surface area contributed by atoms with E-state index >= 15 is 0 Å². The van der Waals surface area contributed by atoms with Crippen LogP contribution < -0.4 is 5.32 Å². The summed E-state index contributed by atoms with van der Waals surface area (Å²) in [6, 6.07) is 5.25. The fraction of sp³-hybridized carbons (Fsp3) is 0.571. The van der Waals surface area contributed by atoms with Crippen molar-refractivity contribution in [3.8, 4) is 0 Å². The first-order valence-corrected chi connectivity index (χ1v) is 8.07. The number of nitrogens with one attached hydrogen (secondary N) is 1. The molecule has 5 nitrogen and oxygen atoms in total. The van der Waals surface area contributed by atoms with Crippen molar-refractivity contribution >= 4 is 23.1 Å². The van der Waals surface area contributed by atoms with Gasteiger partial charge in [-0.15, -0.1) is 0 Å². The monoisotopic (exact) mass is 296 g/mol. The van der Waals surface area contributed by atoms with Crippen molar-refractivity contribution in [2.24, 2.45) is 0 Å². The summed E-state index contributed by atoms with van der Waals surface area (Å²) in [5, 5.41) is 14.2. The Morgan fingerprint density at radius 3 is 3.05 bits per heavy atom. The molecule has 0 aliphatic carbocycles. The fourth-order valence-corrected chi connectivity index (χ4v) is 3.42. The molecule has 1 unspecified atom stereocenters. The van der Waals surface area contributed by atoms with Gasteiger partial charge in [0.1, 0.15) is 5.69 Å². The number of thioether (sulfide) groups is 1. The topological polar surface area (TPSA) is 64.4 Å². The number of hydrogen-bond donors (Lipinski definition) is 1.